The Morgan fingerprint density at radius 2 is 2.22 bits per heavy atom. The predicted octanol–water partition coefficient (Wildman–Crippen LogP) is 2.45. The summed E-state index contributed by atoms with van der Waals surface area (Å²) in [6.07, 6.45) is 3.78. The highest BCUT2D eigenvalue weighted by molar-refractivity contribution is 9.10. The number of rotatable bonds is 2. The third kappa shape index (κ3) is 3.40. The lowest BCUT2D eigenvalue weighted by Gasteiger charge is -2.18. The van der Waals surface area contributed by atoms with Crippen molar-refractivity contribution in [3.63, 3.8) is 0 Å². The van der Waals surface area contributed by atoms with Crippen molar-refractivity contribution in [2.24, 2.45) is 12.8 Å². The molecule has 23 heavy (non-hydrogen) atoms. The molecule has 1 saturated heterocycles. The van der Waals surface area contributed by atoms with Gasteiger partial charge in [0.2, 0.25) is 0 Å². The summed E-state index contributed by atoms with van der Waals surface area (Å²) in [7, 11) is 1.88. The van der Waals surface area contributed by atoms with E-state index in [1.807, 2.05) is 44.6 Å². The summed E-state index contributed by atoms with van der Waals surface area (Å²) >= 11 is 3.46. The van der Waals surface area contributed by atoms with E-state index in [1.54, 1.807) is 9.58 Å². The van der Waals surface area contributed by atoms with Gasteiger partial charge < -0.3 is 16.0 Å². The molecule has 7 heteroatoms. The van der Waals surface area contributed by atoms with Crippen molar-refractivity contribution in [1.82, 2.24) is 14.7 Å². The molecule has 1 aliphatic rings. The van der Waals surface area contributed by atoms with Gasteiger partial charge in [-0.2, -0.15) is 5.10 Å². The van der Waals surface area contributed by atoms with E-state index < -0.39 is 0 Å². The molecule has 0 aliphatic carbocycles. The molecular weight excluding hydrogens is 358 g/mol. The number of nitrogens with zero attached hydrogens (tertiary/aromatic N) is 3. The van der Waals surface area contributed by atoms with Gasteiger partial charge in [-0.1, -0.05) is 6.07 Å². The minimum absolute atomic E-state index is 0.0779. The van der Waals surface area contributed by atoms with Gasteiger partial charge in [-0.15, -0.1) is 0 Å². The average Bonchev–Trinajstić information content (AvgIpc) is 3.09. The highest BCUT2D eigenvalue weighted by Crippen LogP contribution is 2.28. The van der Waals surface area contributed by atoms with Crippen LogP contribution in [0.25, 0.3) is 0 Å². The van der Waals surface area contributed by atoms with Crippen LogP contribution in [-0.4, -0.2) is 39.8 Å². The molecule has 0 bridgehead atoms. The topological polar surface area (TPSA) is 76.2 Å². The van der Waals surface area contributed by atoms with E-state index in [-0.39, 0.29) is 18.0 Å². The van der Waals surface area contributed by atoms with Gasteiger partial charge in [0.1, 0.15) is 0 Å². The van der Waals surface area contributed by atoms with Crippen molar-refractivity contribution in [3.8, 4) is 0 Å². The Morgan fingerprint density at radius 1 is 1.43 bits per heavy atom. The molecule has 0 spiro atoms. The van der Waals surface area contributed by atoms with E-state index in [2.05, 4.69) is 26.3 Å². The summed E-state index contributed by atoms with van der Waals surface area (Å²) in [5, 5.41) is 7.14. The quantitative estimate of drug-likeness (QED) is 0.843. The number of amides is 2. The number of anilines is 1. The Hall–Kier alpha value is -1.86. The maximum atomic E-state index is 12.5. The van der Waals surface area contributed by atoms with Crippen LogP contribution in [0.3, 0.4) is 0 Å². The number of nitrogens with one attached hydrogen (secondary N) is 1. The molecule has 3 rings (SSSR count). The van der Waals surface area contributed by atoms with Crippen LogP contribution in [0.1, 0.15) is 17.0 Å². The van der Waals surface area contributed by atoms with Crippen LogP contribution in [0.5, 0.6) is 0 Å². The van der Waals surface area contributed by atoms with Crippen molar-refractivity contribution in [3.05, 3.63) is 46.2 Å². The summed E-state index contributed by atoms with van der Waals surface area (Å²) in [6.45, 7) is 3.13. The molecule has 0 radical (unpaired) electrons. The molecule has 0 saturated carbocycles. The minimum atomic E-state index is -0.127. The van der Waals surface area contributed by atoms with E-state index in [0.29, 0.717) is 13.1 Å². The smallest absolute Gasteiger partial charge is 0.321 e. The van der Waals surface area contributed by atoms with Crippen LogP contribution in [0.2, 0.25) is 0 Å². The van der Waals surface area contributed by atoms with Crippen molar-refractivity contribution in [1.29, 1.82) is 0 Å². The Kier molecular flexibility index (Phi) is 4.41. The number of hydrogen-bond donors (Lipinski definition) is 2. The maximum absolute atomic E-state index is 12.5. The van der Waals surface area contributed by atoms with Gasteiger partial charge in [-0.3, -0.25) is 4.68 Å². The van der Waals surface area contributed by atoms with Crippen LogP contribution in [-0.2, 0) is 7.05 Å². The number of benzene rings is 1. The SMILES string of the molecule is Cc1ccc(Br)c(NC(=O)N2C[C@@H](N)[C@H](c3cnn(C)c3)C2)c1. The number of carbonyl (C=O) groups is 1. The third-order valence-corrected chi connectivity index (χ3v) is 4.86. The number of urea groups is 1. The number of aromatic nitrogens is 2. The average molecular weight is 378 g/mol. The monoisotopic (exact) mass is 377 g/mol. The second kappa shape index (κ2) is 6.33. The van der Waals surface area contributed by atoms with Crippen molar-refractivity contribution in [2.75, 3.05) is 18.4 Å². The Morgan fingerprint density at radius 3 is 2.91 bits per heavy atom. The van der Waals surface area contributed by atoms with Crippen LogP contribution in [0.4, 0.5) is 10.5 Å². The molecule has 6 nitrogen and oxygen atoms in total. The number of halogens is 1. The summed E-state index contributed by atoms with van der Waals surface area (Å²) in [4.78, 5) is 14.3. The first-order chi connectivity index (χ1) is 10.9. The van der Waals surface area contributed by atoms with E-state index >= 15 is 0 Å². The largest absolute Gasteiger partial charge is 0.326 e. The molecule has 0 unspecified atom stereocenters. The summed E-state index contributed by atoms with van der Waals surface area (Å²) in [5.74, 6) is 0.121. The summed E-state index contributed by atoms with van der Waals surface area (Å²) in [6, 6.07) is 5.66. The third-order valence-electron chi connectivity index (χ3n) is 4.17. The summed E-state index contributed by atoms with van der Waals surface area (Å²) < 4.78 is 2.62. The summed E-state index contributed by atoms with van der Waals surface area (Å²) in [5.41, 5.74) is 9.17. The second-order valence-electron chi connectivity index (χ2n) is 6.04. The van der Waals surface area contributed by atoms with Crippen LogP contribution in [0, 0.1) is 6.92 Å². The fourth-order valence-electron chi connectivity index (χ4n) is 2.91. The van der Waals surface area contributed by atoms with E-state index in [0.717, 1.165) is 21.3 Å². The number of aryl methyl sites for hydroxylation is 2. The number of nitrogens with two attached hydrogens (primary N) is 1. The van der Waals surface area contributed by atoms with Gasteiger partial charge in [0, 0.05) is 42.8 Å². The molecule has 122 valence electrons. The van der Waals surface area contributed by atoms with E-state index in [4.69, 9.17) is 5.73 Å². The lowest BCUT2D eigenvalue weighted by Crippen LogP contribution is -2.35. The maximum Gasteiger partial charge on any atom is 0.321 e. The van der Waals surface area contributed by atoms with Gasteiger partial charge in [-0.25, -0.2) is 4.79 Å². The zero-order valence-electron chi connectivity index (χ0n) is 13.2. The second-order valence-corrected chi connectivity index (χ2v) is 6.89. The number of carbonyl (C=O) groups excluding carboxylic acids is 1. The van der Waals surface area contributed by atoms with Crippen molar-refractivity contribution < 1.29 is 4.79 Å². The Balaban J connectivity index is 1.70. The van der Waals surface area contributed by atoms with Crippen LogP contribution >= 0.6 is 15.9 Å². The van der Waals surface area contributed by atoms with Gasteiger partial charge >= 0.3 is 6.03 Å². The molecule has 3 N–H and O–H groups in total. The predicted molar refractivity (Wildman–Crippen MR) is 93.4 cm³/mol. The first-order valence-electron chi connectivity index (χ1n) is 7.50. The number of likely N-dealkylation sites (tertiary alicyclic amines) is 1. The highest BCUT2D eigenvalue weighted by atomic mass is 79.9. The zero-order chi connectivity index (χ0) is 16.6. The van der Waals surface area contributed by atoms with E-state index in [1.165, 1.54) is 0 Å². The standard InChI is InChI=1S/C16H20BrN5O/c1-10-3-4-13(17)15(5-10)20-16(23)22-8-12(14(18)9-22)11-6-19-21(2)7-11/h3-7,12,14H,8-9,18H2,1-2H3,(H,20,23)/t12-,14+/m0/s1. The fourth-order valence-corrected chi connectivity index (χ4v) is 3.25. The first kappa shape index (κ1) is 16.0. The van der Waals surface area contributed by atoms with Gasteiger partial charge in [-0.05, 0) is 46.1 Å². The fraction of sp³-hybridized carbons (Fsp3) is 0.375. The molecule has 2 atom stereocenters. The Bertz CT molecular complexity index is 729. The lowest BCUT2D eigenvalue weighted by molar-refractivity contribution is 0.221. The Labute approximate surface area is 143 Å². The first-order valence-corrected chi connectivity index (χ1v) is 8.29. The van der Waals surface area contributed by atoms with E-state index in [9.17, 15) is 4.79 Å². The normalized spacial score (nSPS) is 20.8. The van der Waals surface area contributed by atoms with Gasteiger partial charge in [0.25, 0.3) is 0 Å². The number of hydrogen-bond acceptors (Lipinski definition) is 3. The zero-order valence-corrected chi connectivity index (χ0v) is 14.7. The molecule has 2 heterocycles. The molecule has 1 aliphatic heterocycles. The molecule has 1 fully saturated rings. The van der Waals surface area contributed by atoms with Crippen LogP contribution in [0.15, 0.2) is 35.1 Å². The van der Waals surface area contributed by atoms with Crippen molar-refractivity contribution >= 4 is 27.6 Å². The molecular formula is C16H20BrN5O. The van der Waals surface area contributed by atoms with Gasteiger partial charge in [0.15, 0.2) is 0 Å². The molecule has 1 aromatic heterocycles. The minimum Gasteiger partial charge on any atom is -0.326 e. The van der Waals surface area contributed by atoms with Crippen LogP contribution < -0.4 is 11.1 Å². The molecule has 2 aromatic rings. The highest BCUT2D eigenvalue weighted by Gasteiger charge is 2.34. The van der Waals surface area contributed by atoms with Gasteiger partial charge in [0.05, 0.1) is 11.9 Å². The molecule has 1 aromatic carbocycles. The van der Waals surface area contributed by atoms with Crippen molar-refractivity contribution in [2.45, 2.75) is 18.9 Å². The molecule has 2 amide bonds. The lowest BCUT2D eigenvalue weighted by atomic mass is 9.98.